The Balaban J connectivity index is 4.13. The second-order valence-electron chi connectivity index (χ2n) is 1.11. The van der Waals surface area contributed by atoms with Crippen LogP contribution in [0.3, 0.4) is 0 Å². The molecule has 0 aromatic heterocycles. The van der Waals surface area contributed by atoms with Crippen LogP contribution in [0, 0.1) is 0 Å². The van der Waals surface area contributed by atoms with Gasteiger partial charge >= 0.3 is 5.97 Å². The molecule has 43 valence electrons. The van der Waals surface area contributed by atoms with Gasteiger partial charge in [-0.25, -0.2) is 4.79 Å². The van der Waals surface area contributed by atoms with Gasteiger partial charge in [-0.15, -0.1) is 0 Å². The number of aliphatic carboxylic acids is 1. The molecule has 0 saturated carbocycles. The Hall–Kier alpha value is -1.12. The summed E-state index contributed by atoms with van der Waals surface area (Å²) in [5, 5.41) is 8.04. The SMILES string of the molecule is C/C=C(/[C]=O)C(=O)O. The summed E-state index contributed by atoms with van der Waals surface area (Å²) >= 11 is 0. The van der Waals surface area contributed by atoms with Gasteiger partial charge in [0.05, 0.1) is 0 Å². The number of rotatable bonds is 2. The first-order chi connectivity index (χ1) is 3.72. The fraction of sp³-hybridized carbons (Fsp3) is 0.200. The molecule has 3 heteroatoms. The first-order valence-electron chi connectivity index (χ1n) is 2.00. The Morgan fingerprint density at radius 3 is 2.25 bits per heavy atom. The van der Waals surface area contributed by atoms with Crippen molar-refractivity contribution in [3.63, 3.8) is 0 Å². The number of carbonyl (C=O) groups is 1. The van der Waals surface area contributed by atoms with Gasteiger partial charge in [-0.3, -0.25) is 4.79 Å². The minimum atomic E-state index is -1.23. The van der Waals surface area contributed by atoms with Crippen molar-refractivity contribution in [1.29, 1.82) is 0 Å². The molecule has 0 aliphatic carbocycles. The van der Waals surface area contributed by atoms with E-state index in [0.29, 0.717) is 0 Å². The van der Waals surface area contributed by atoms with E-state index in [1.165, 1.54) is 19.3 Å². The van der Waals surface area contributed by atoms with Crippen LogP contribution in [-0.4, -0.2) is 17.4 Å². The lowest BCUT2D eigenvalue weighted by Gasteiger charge is -1.81. The molecule has 8 heavy (non-hydrogen) atoms. The topological polar surface area (TPSA) is 54.4 Å². The van der Waals surface area contributed by atoms with E-state index < -0.39 is 5.97 Å². The summed E-state index contributed by atoms with van der Waals surface area (Å²) in [5.41, 5.74) is -0.329. The molecule has 0 atom stereocenters. The zero-order valence-electron chi connectivity index (χ0n) is 4.34. The molecule has 0 aromatic rings. The van der Waals surface area contributed by atoms with E-state index in [1.807, 2.05) is 0 Å². The predicted octanol–water partition coefficient (Wildman–Crippen LogP) is 0.127. The van der Waals surface area contributed by atoms with Gasteiger partial charge in [0.25, 0.3) is 0 Å². The fourth-order valence-corrected chi connectivity index (χ4v) is 0.226. The van der Waals surface area contributed by atoms with Crippen LogP contribution in [0.25, 0.3) is 0 Å². The standard InChI is InChI=1S/C5H5O3/c1-2-4(3-6)5(7)8/h2H,1H3,(H,7,8)/b4-2-. The molecular formula is C5H5O3. The second-order valence-corrected chi connectivity index (χ2v) is 1.11. The molecule has 0 bridgehead atoms. The largest absolute Gasteiger partial charge is 0.478 e. The number of allylic oxidation sites excluding steroid dienone is 1. The van der Waals surface area contributed by atoms with Gasteiger partial charge in [-0.1, -0.05) is 6.08 Å². The highest BCUT2D eigenvalue weighted by Gasteiger charge is 2.02. The monoisotopic (exact) mass is 113 g/mol. The molecule has 0 fully saturated rings. The van der Waals surface area contributed by atoms with E-state index in [2.05, 4.69) is 0 Å². The summed E-state index contributed by atoms with van der Waals surface area (Å²) in [7, 11) is 0. The first-order valence-corrected chi connectivity index (χ1v) is 2.00. The van der Waals surface area contributed by atoms with Gasteiger partial charge in [-0.05, 0) is 6.92 Å². The molecule has 0 saturated heterocycles. The maximum absolute atomic E-state index is 9.83. The average Bonchev–Trinajstić information content (AvgIpc) is 1.69. The minimum absolute atomic E-state index is 0.329. The molecule has 0 heterocycles. The van der Waals surface area contributed by atoms with Gasteiger partial charge in [0.2, 0.25) is 6.29 Å². The third-order valence-electron chi connectivity index (χ3n) is 0.629. The van der Waals surface area contributed by atoms with Gasteiger partial charge in [0, 0.05) is 0 Å². The Morgan fingerprint density at radius 2 is 2.25 bits per heavy atom. The maximum Gasteiger partial charge on any atom is 0.339 e. The van der Waals surface area contributed by atoms with Crippen molar-refractivity contribution in [1.82, 2.24) is 0 Å². The van der Waals surface area contributed by atoms with Gasteiger partial charge in [0.1, 0.15) is 5.57 Å². The summed E-state index contributed by atoms with van der Waals surface area (Å²) in [6, 6.07) is 0. The Labute approximate surface area is 46.6 Å². The van der Waals surface area contributed by atoms with Crippen molar-refractivity contribution in [3.05, 3.63) is 11.6 Å². The molecule has 0 unspecified atom stereocenters. The highest BCUT2D eigenvalue weighted by molar-refractivity contribution is 6.06. The molecule has 3 nitrogen and oxygen atoms in total. The lowest BCUT2D eigenvalue weighted by molar-refractivity contribution is -0.132. The van der Waals surface area contributed by atoms with Crippen LogP contribution in [0.1, 0.15) is 6.92 Å². The summed E-state index contributed by atoms with van der Waals surface area (Å²) in [6.07, 6.45) is 2.45. The van der Waals surface area contributed by atoms with E-state index in [4.69, 9.17) is 5.11 Å². The van der Waals surface area contributed by atoms with Crippen LogP contribution in [0.15, 0.2) is 11.6 Å². The van der Waals surface area contributed by atoms with Gasteiger partial charge in [0.15, 0.2) is 0 Å². The summed E-state index contributed by atoms with van der Waals surface area (Å²) < 4.78 is 0. The van der Waals surface area contributed by atoms with Crippen LogP contribution in [0.2, 0.25) is 0 Å². The van der Waals surface area contributed by atoms with E-state index in [-0.39, 0.29) is 5.57 Å². The first kappa shape index (κ1) is 6.88. The summed E-state index contributed by atoms with van der Waals surface area (Å²) in [6.45, 7) is 1.47. The second kappa shape index (κ2) is 2.96. The van der Waals surface area contributed by atoms with E-state index in [9.17, 15) is 9.59 Å². The van der Waals surface area contributed by atoms with Gasteiger partial charge in [-0.2, -0.15) is 0 Å². The molecule has 0 spiro atoms. The van der Waals surface area contributed by atoms with E-state index >= 15 is 0 Å². The molecule has 0 aromatic carbocycles. The summed E-state index contributed by atoms with van der Waals surface area (Å²) in [5.74, 6) is -1.23. The molecule has 0 aliphatic rings. The zero-order valence-corrected chi connectivity index (χ0v) is 4.34. The molecular weight excluding hydrogens is 108 g/mol. The Bertz CT molecular complexity index is 135. The van der Waals surface area contributed by atoms with Crippen molar-refractivity contribution in [3.8, 4) is 0 Å². The molecule has 0 amide bonds. The molecule has 1 N–H and O–H groups in total. The molecule has 1 radical (unpaired) electrons. The van der Waals surface area contributed by atoms with E-state index in [1.54, 1.807) is 0 Å². The fourth-order valence-electron chi connectivity index (χ4n) is 0.226. The Morgan fingerprint density at radius 1 is 1.75 bits per heavy atom. The third kappa shape index (κ3) is 1.55. The minimum Gasteiger partial charge on any atom is -0.478 e. The predicted molar refractivity (Wildman–Crippen MR) is 27.1 cm³/mol. The third-order valence-corrected chi connectivity index (χ3v) is 0.629. The summed E-state index contributed by atoms with van der Waals surface area (Å²) in [4.78, 5) is 19.4. The lowest BCUT2D eigenvalue weighted by atomic mass is 10.3. The zero-order chi connectivity index (χ0) is 6.57. The molecule has 0 aliphatic heterocycles. The van der Waals surface area contributed by atoms with E-state index in [0.717, 1.165) is 0 Å². The Kier molecular flexibility index (Phi) is 2.54. The van der Waals surface area contributed by atoms with Crippen molar-refractivity contribution in [2.75, 3.05) is 0 Å². The lowest BCUT2D eigenvalue weighted by Crippen LogP contribution is -1.99. The van der Waals surface area contributed by atoms with Crippen LogP contribution < -0.4 is 0 Å². The highest BCUT2D eigenvalue weighted by atomic mass is 16.4. The number of hydrogen-bond acceptors (Lipinski definition) is 2. The molecule has 0 rings (SSSR count). The average molecular weight is 113 g/mol. The van der Waals surface area contributed by atoms with Gasteiger partial charge < -0.3 is 5.11 Å². The highest BCUT2D eigenvalue weighted by Crippen LogP contribution is 1.85. The van der Waals surface area contributed by atoms with Crippen molar-refractivity contribution >= 4 is 12.3 Å². The number of carbonyl (C=O) groups excluding carboxylic acids is 1. The smallest absolute Gasteiger partial charge is 0.339 e. The number of carboxylic acid groups (broad SMARTS) is 1. The van der Waals surface area contributed by atoms with Crippen molar-refractivity contribution < 1.29 is 14.7 Å². The maximum atomic E-state index is 9.83. The van der Waals surface area contributed by atoms with Crippen LogP contribution in [0.5, 0.6) is 0 Å². The quantitative estimate of drug-likeness (QED) is 0.314. The normalized spacial score (nSPS) is 10.9. The number of hydrogen-bond donors (Lipinski definition) is 1. The van der Waals surface area contributed by atoms with Crippen molar-refractivity contribution in [2.24, 2.45) is 0 Å². The van der Waals surface area contributed by atoms with Crippen LogP contribution >= 0.6 is 0 Å². The number of carboxylic acids is 1. The van der Waals surface area contributed by atoms with Crippen LogP contribution in [0.4, 0.5) is 0 Å². The van der Waals surface area contributed by atoms with Crippen molar-refractivity contribution in [2.45, 2.75) is 6.92 Å². The van der Waals surface area contributed by atoms with Crippen LogP contribution in [-0.2, 0) is 9.59 Å².